The van der Waals surface area contributed by atoms with Crippen molar-refractivity contribution in [3.05, 3.63) is 66.5 Å². The van der Waals surface area contributed by atoms with E-state index < -0.39 is 11.6 Å². The highest BCUT2D eigenvalue weighted by atomic mass is 19.1. The number of aromatic nitrogens is 2. The van der Waals surface area contributed by atoms with Gasteiger partial charge in [-0.15, -0.1) is 0 Å². The maximum Gasteiger partial charge on any atom is 0.126 e. The summed E-state index contributed by atoms with van der Waals surface area (Å²) in [5, 5.41) is 9.84. The summed E-state index contributed by atoms with van der Waals surface area (Å²) in [6.07, 6.45) is 4.24. The number of imidazole rings is 1. The highest BCUT2D eigenvalue weighted by Crippen LogP contribution is 2.32. The zero-order valence-corrected chi connectivity index (χ0v) is 16.3. The Bertz CT molecular complexity index is 938. The van der Waals surface area contributed by atoms with Crippen LogP contribution in [0.15, 0.2) is 54.9 Å². The zero-order chi connectivity index (χ0) is 20.2. The molecule has 1 aliphatic rings. The Morgan fingerprint density at radius 2 is 1.76 bits per heavy atom. The molecule has 0 radical (unpaired) electrons. The van der Waals surface area contributed by atoms with Crippen molar-refractivity contribution in [2.24, 2.45) is 0 Å². The maximum atomic E-state index is 13.9. The largest absolute Gasteiger partial charge is 0.392 e. The van der Waals surface area contributed by atoms with E-state index in [2.05, 4.69) is 9.88 Å². The molecule has 6 heteroatoms. The number of halogens is 2. The van der Waals surface area contributed by atoms with Gasteiger partial charge < -0.3 is 14.6 Å². The Hall–Kier alpha value is -2.57. The lowest BCUT2D eigenvalue weighted by molar-refractivity contribution is 0.0695. The second-order valence-electron chi connectivity index (χ2n) is 7.61. The number of benzene rings is 2. The molecule has 1 fully saturated rings. The number of piperidine rings is 1. The fourth-order valence-electron chi connectivity index (χ4n) is 4.05. The molecule has 0 saturated carbocycles. The third-order valence-corrected chi connectivity index (χ3v) is 5.37. The van der Waals surface area contributed by atoms with Crippen LogP contribution in [-0.4, -0.2) is 45.3 Å². The van der Waals surface area contributed by atoms with Crippen LogP contribution in [0.4, 0.5) is 8.78 Å². The normalized spacial score (nSPS) is 17.6. The van der Waals surface area contributed by atoms with Gasteiger partial charge in [-0.3, -0.25) is 0 Å². The van der Waals surface area contributed by atoms with E-state index in [1.54, 1.807) is 6.33 Å². The van der Waals surface area contributed by atoms with Crippen LogP contribution >= 0.6 is 0 Å². The number of rotatable bonds is 6. The Morgan fingerprint density at radius 3 is 2.48 bits per heavy atom. The lowest BCUT2D eigenvalue weighted by Crippen LogP contribution is -2.38. The summed E-state index contributed by atoms with van der Waals surface area (Å²) in [6.45, 7) is 3.26. The second kappa shape index (κ2) is 8.84. The molecule has 4 rings (SSSR count). The number of hydrogen-bond donors (Lipinski definition) is 1. The summed E-state index contributed by atoms with van der Waals surface area (Å²) >= 11 is 0. The number of nitrogens with zero attached hydrogens (tertiary/aromatic N) is 3. The molecule has 1 saturated heterocycles. The number of hydrogen-bond acceptors (Lipinski definition) is 3. The van der Waals surface area contributed by atoms with Crippen molar-refractivity contribution >= 4 is 0 Å². The first-order valence-electron chi connectivity index (χ1n) is 10.1. The SMILES string of the molecule is OC1CCCN(CCCn2cnc(-c3ccccc3)c2-c2cc(F)cc(F)c2)C1. The number of likely N-dealkylation sites (tertiary alicyclic amines) is 1. The highest BCUT2D eigenvalue weighted by molar-refractivity contribution is 5.78. The molecule has 0 bridgehead atoms. The average Bonchev–Trinajstić information content (AvgIpc) is 3.12. The van der Waals surface area contributed by atoms with Gasteiger partial charge in [-0.25, -0.2) is 13.8 Å². The Labute approximate surface area is 169 Å². The summed E-state index contributed by atoms with van der Waals surface area (Å²) in [5.74, 6) is -1.21. The van der Waals surface area contributed by atoms with Gasteiger partial charge in [0.2, 0.25) is 0 Å². The molecule has 0 aliphatic carbocycles. The third-order valence-electron chi connectivity index (χ3n) is 5.37. The fraction of sp³-hybridized carbons (Fsp3) is 0.348. The van der Waals surface area contributed by atoms with E-state index in [9.17, 15) is 13.9 Å². The molecule has 152 valence electrons. The molecule has 1 atom stereocenters. The van der Waals surface area contributed by atoms with Gasteiger partial charge in [0.15, 0.2) is 0 Å². The lowest BCUT2D eigenvalue weighted by Gasteiger charge is -2.29. The molecular weight excluding hydrogens is 372 g/mol. The van der Waals surface area contributed by atoms with Crippen molar-refractivity contribution in [2.75, 3.05) is 19.6 Å². The molecule has 0 amide bonds. The highest BCUT2D eigenvalue weighted by Gasteiger charge is 2.19. The molecule has 3 aromatic rings. The minimum absolute atomic E-state index is 0.243. The van der Waals surface area contributed by atoms with Gasteiger partial charge in [0.25, 0.3) is 0 Å². The first-order chi connectivity index (χ1) is 14.1. The summed E-state index contributed by atoms with van der Waals surface area (Å²) in [4.78, 5) is 6.83. The third kappa shape index (κ3) is 4.71. The van der Waals surface area contributed by atoms with E-state index >= 15 is 0 Å². The predicted octanol–water partition coefficient (Wildman–Crippen LogP) is 4.34. The van der Waals surface area contributed by atoms with Gasteiger partial charge in [0.05, 0.1) is 23.8 Å². The molecule has 2 heterocycles. The van der Waals surface area contributed by atoms with Crippen LogP contribution in [0.25, 0.3) is 22.5 Å². The molecule has 4 nitrogen and oxygen atoms in total. The van der Waals surface area contributed by atoms with Crippen LogP contribution in [-0.2, 0) is 6.54 Å². The number of aliphatic hydroxyl groups excluding tert-OH is 1. The minimum atomic E-state index is -0.603. The second-order valence-corrected chi connectivity index (χ2v) is 7.61. The van der Waals surface area contributed by atoms with Crippen LogP contribution in [0, 0.1) is 11.6 Å². The van der Waals surface area contributed by atoms with Gasteiger partial charge in [0.1, 0.15) is 11.6 Å². The fourth-order valence-corrected chi connectivity index (χ4v) is 4.05. The number of aryl methyl sites for hydroxylation is 1. The molecule has 1 N–H and O–H groups in total. The van der Waals surface area contributed by atoms with Crippen molar-refractivity contribution < 1.29 is 13.9 Å². The Balaban J connectivity index is 1.61. The molecular formula is C23H25F2N3O. The summed E-state index contributed by atoms with van der Waals surface area (Å²) in [6, 6.07) is 13.2. The molecule has 1 unspecified atom stereocenters. The van der Waals surface area contributed by atoms with Gasteiger partial charge in [0, 0.05) is 30.3 Å². The van der Waals surface area contributed by atoms with Crippen molar-refractivity contribution in [1.82, 2.24) is 14.5 Å². The van der Waals surface area contributed by atoms with Gasteiger partial charge in [-0.2, -0.15) is 0 Å². The summed E-state index contributed by atoms with van der Waals surface area (Å²) in [7, 11) is 0. The standard InChI is InChI=1S/C23H25F2N3O/c24-19-12-18(13-20(25)14-19)23-22(17-6-2-1-3-7-17)26-16-28(23)11-5-10-27-9-4-8-21(29)15-27/h1-3,6-7,12-14,16,21,29H,4-5,8-11,15H2. The molecule has 29 heavy (non-hydrogen) atoms. The van der Waals surface area contributed by atoms with E-state index in [-0.39, 0.29) is 6.10 Å². The van der Waals surface area contributed by atoms with Gasteiger partial charge in [-0.05, 0) is 44.5 Å². The number of aliphatic hydroxyl groups is 1. The predicted molar refractivity (Wildman–Crippen MR) is 109 cm³/mol. The Kier molecular flexibility index (Phi) is 6.02. The number of β-amino-alcohol motifs (C(OH)–C–C–N with tert-alkyl or cyclic N) is 1. The van der Waals surface area contributed by atoms with E-state index in [1.165, 1.54) is 12.1 Å². The first-order valence-corrected chi connectivity index (χ1v) is 10.1. The lowest BCUT2D eigenvalue weighted by atomic mass is 10.0. The van der Waals surface area contributed by atoms with E-state index in [4.69, 9.17) is 0 Å². The molecule has 2 aromatic carbocycles. The van der Waals surface area contributed by atoms with E-state index in [1.807, 2.05) is 34.9 Å². The minimum Gasteiger partial charge on any atom is -0.392 e. The topological polar surface area (TPSA) is 41.3 Å². The zero-order valence-electron chi connectivity index (χ0n) is 16.3. The van der Waals surface area contributed by atoms with Crippen LogP contribution in [0.3, 0.4) is 0 Å². The van der Waals surface area contributed by atoms with E-state index in [0.29, 0.717) is 30.0 Å². The van der Waals surface area contributed by atoms with Crippen molar-refractivity contribution in [3.63, 3.8) is 0 Å². The smallest absolute Gasteiger partial charge is 0.126 e. The maximum absolute atomic E-state index is 13.9. The van der Waals surface area contributed by atoms with Crippen molar-refractivity contribution in [1.29, 1.82) is 0 Å². The molecule has 0 spiro atoms. The van der Waals surface area contributed by atoms with Crippen LogP contribution in [0.2, 0.25) is 0 Å². The van der Waals surface area contributed by atoms with Crippen molar-refractivity contribution in [2.45, 2.75) is 31.9 Å². The van der Waals surface area contributed by atoms with Crippen LogP contribution in [0.5, 0.6) is 0 Å². The van der Waals surface area contributed by atoms with Gasteiger partial charge >= 0.3 is 0 Å². The average molecular weight is 397 g/mol. The first kappa shape index (κ1) is 19.7. The Morgan fingerprint density at radius 1 is 1.00 bits per heavy atom. The van der Waals surface area contributed by atoms with Crippen LogP contribution in [0.1, 0.15) is 19.3 Å². The molecule has 1 aromatic heterocycles. The summed E-state index contributed by atoms with van der Waals surface area (Å²) in [5.41, 5.74) is 2.81. The monoisotopic (exact) mass is 397 g/mol. The van der Waals surface area contributed by atoms with E-state index in [0.717, 1.165) is 44.0 Å². The van der Waals surface area contributed by atoms with Gasteiger partial charge in [-0.1, -0.05) is 30.3 Å². The summed E-state index contributed by atoms with van der Waals surface area (Å²) < 4.78 is 29.8. The van der Waals surface area contributed by atoms with Crippen LogP contribution < -0.4 is 0 Å². The van der Waals surface area contributed by atoms with Crippen molar-refractivity contribution in [3.8, 4) is 22.5 Å². The quantitative estimate of drug-likeness (QED) is 0.673. The molecule has 1 aliphatic heterocycles.